The Hall–Kier alpha value is -3.74. The lowest BCUT2D eigenvalue weighted by Gasteiger charge is -2.49. The molecule has 4 aliphatic rings. The van der Waals surface area contributed by atoms with Crippen molar-refractivity contribution in [1.29, 1.82) is 0 Å². The van der Waals surface area contributed by atoms with E-state index >= 15 is 0 Å². The Kier molecular flexibility index (Phi) is 6.64. The second-order valence-electron chi connectivity index (χ2n) is 13.9. The van der Waals surface area contributed by atoms with E-state index in [-0.39, 0.29) is 10.7 Å². The van der Waals surface area contributed by atoms with Gasteiger partial charge in [-0.1, -0.05) is 124 Å². The van der Waals surface area contributed by atoms with E-state index in [1.165, 1.54) is 49.4 Å². The first-order chi connectivity index (χ1) is 20.5. The van der Waals surface area contributed by atoms with Gasteiger partial charge in [0, 0.05) is 21.9 Å². The maximum absolute atomic E-state index is 3.53. The fourth-order valence-corrected chi connectivity index (χ4v) is 9.17. The van der Waals surface area contributed by atoms with Gasteiger partial charge in [0.25, 0.3) is 0 Å². The summed E-state index contributed by atoms with van der Waals surface area (Å²) in [7, 11) is -2.86. The van der Waals surface area contributed by atoms with Crippen LogP contribution in [0, 0.1) is 22.9 Å². The van der Waals surface area contributed by atoms with Crippen LogP contribution in [0.15, 0.2) is 109 Å². The van der Waals surface area contributed by atoms with Gasteiger partial charge in [0.2, 0.25) is 0 Å². The summed E-state index contributed by atoms with van der Waals surface area (Å²) >= 11 is 2.01. The van der Waals surface area contributed by atoms with Crippen LogP contribution in [0.5, 0.6) is 0 Å². The molecule has 210 valence electrons. The number of thioether (sulfide) groups is 1. The summed E-state index contributed by atoms with van der Waals surface area (Å²) in [6.45, 7) is 13.8. The van der Waals surface area contributed by atoms with Crippen LogP contribution in [-0.4, -0.2) is 16.1 Å². The quantitative estimate of drug-likeness (QED) is 0.162. The number of hydrogen-bond donors (Lipinski definition) is 0. The molecule has 4 aromatic carbocycles. The molecule has 2 bridgehead atoms. The van der Waals surface area contributed by atoms with E-state index in [4.69, 9.17) is 0 Å². The van der Waals surface area contributed by atoms with Crippen molar-refractivity contribution < 1.29 is 0 Å². The molecule has 0 nitrogen and oxygen atoms in total. The normalized spacial score (nSPS) is 19.8. The standard InChI is InChI=1S/C40H36SSi2/c1-42(2,3)25-23-28-15-19-30(20-16-28)37-27-36-38(31-21-17-29(18-22-31)24-26-43(4,5)6)39-32-11-7-9-13-34(32)40(36,41-37)35-14-10-8-12-33(35)39/h7-22,27,39H,1-6H3. The van der Waals surface area contributed by atoms with E-state index in [2.05, 4.69) is 165 Å². The minimum atomic E-state index is -1.44. The highest BCUT2D eigenvalue weighted by Crippen LogP contribution is 2.70. The predicted molar refractivity (Wildman–Crippen MR) is 191 cm³/mol. The van der Waals surface area contributed by atoms with Gasteiger partial charge in [-0.05, 0) is 74.9 Å². The van der Waals surface area contributed by atoms with Crippen molar-refractivity contribution >= 4 is 38.4 Å². The number of hydrogen-bond acceptors (Lipinski definition) is 1. The van der Waals surface area contributed by atoms with E-state index < -0.39 is 16.1 Å². The zero-order chi connectivity index (χ0) is 30.0. The summed E-state index contributed by atoms with van der Waals surface area (Å²) in [5, 5.41) is 0. The Bertz CT molecular complexity index is 1910. The first kappa shape index (κ1) is 28.1. The molecule has 1 heterocycles. The summed E-state index contributed by atoms with van der Waals surface area (Å²) in [6.07, 6.45) is 2.49. The molecular weight excluding hydrogens is 569 g/mol. The van der Waals surface area contributed by atoms with Crippen molar-refractivity contribution in [2.45, 2.75) is 49.9 Å². The van der Waals surface area contributed by atoms with Crippen molar-refractivity contribution in [3.05, 3.63) is 153 Å². The molecule has 43 heavy (non-hydrogen) atoms. The first-order valence-electron chi connectivity index (χ1n) is 15.1. The van der Waals surface area contributed by atoms with Gasteiger partial charge in [-0.25, -0.2) is 0 Å². The monoisotopic (exact) mass is 604 g/mol. The summed E-state index contributed by atoms with van der Waals surface area (Å²) < 4.78 is -0.265. The molecule has 1 aliphatic heterocycles. The summed E-state index contributed by atoms with van der Waals surface area (Å²) in [5.41, 5.74) is 20.4. The smallest absolute Gasteiger partial charge is 0.127 e. The van der Waals surface area contributed by atoms with Crippen LogP contribution in [0.25, 0.3) is 10.5 Å². The van der Waals surface area contributed by atoms with E-state index in [1.54, 1.807) is 0 Å². The average Bonchev–Trinajstić information content (AvgIpc) is 3.41. The van der Waals surface area contributed by atoms with Gasteiger partial charge in [-0.15, -0.1) is 22.8 Å². The number of rotatable bonds is 2. The van der Waals surface area contributed by atoms with Crippen LogP contribution in [0.3, 0.4) is 0 Å². The molecule has 3 heteroatoms. The molecule has 0 radical (unpaired) electrons. The Morgan fingerprint density at radius 2 is 1.05 bits per heavy atom. The van der Waals surface area contributed by atoms with E-state index in [0.29, 0.717) is 0 Å². The van der Waals surface area contributed by atoms with Gasteiger partial charge in [-0.2, -0.15) is 0 Å². The lowest BCUT2D eigenvalue weighted by Crippen LogP contribution is -2.37. The molecule has 0 aromatic heterocycles. The maximum Gasteiger partial charge on any atom is 0.129 e. The minimum absolute atomic E-state index is 0.207. The van der Waals surface area contributed by atoms with Crippen LogP contribution >= 0.6 is 11.8 Å². The van der Waals surface area contributed by atoms with Gasteiger partial charge in [-0.3, -0.25) is 0 Å². The molecule has 0 atom stereocenters. The second kappa shape index (κ2) is 10.2. The van der Waals surface area contributed by atoms with Crippen molar-refractivity contribution in [3.63, 3.8) is 0 Å². The highest BCUT2D eigenvalue weighted by Gasteiger charge is 2.55. The van der Waals surface area contributed by atoms with Gasteiger partial charge in [0.15, 0.2) is 0 Å². The lowest BCUT2D eigenvalue weighted by atomic mass is 9.59. The molecular formula is C40H36SSi2. The van der Waals surface area contributed by atoms with Crippen LogP contribution in [0.2, 0.25) is 39.3 Å². The fourth-order valence-electron chi connectivity index (χ4n) is 6.50. The highest BCUT2D eigenvalue weighted by molar-refractivity contribution is 8.10. The van der Waals surface area contributed by atoms with Gasteiger partial charge in [0.05, 0.1) is 4.75 Å². The fraction of sp³-hybridized carbons (Fsp3) is 0.200. The van der Waals surface area contributed by atoms with E-state index in [1.807, 2.05) is 11.8 Å². The molecule has 0 N–H and O–H groups in total. The molecule has 0 fully saturated rings. The van der Waals surface area contributed by atoms with Crippen molar-refractivity contribution in [2.75, 3.05) is 0 Å². The van der Waals surface area contributed by atoms with Crippen LogP contribution in [0.1, 0.15) is 50.4 Å². The Morgan fingerprint density at radius 3 is 1.53 bits per heavy atom. The number of benzene rings is 4. The number of allylic oxidation sites excluding steroid dienone is 2. The maximum atomic E-state index is 3.53. The Labute approximate surface area is 263 Å². The Balaban J connectivity index is 1.40. The third-order valence-corrected chi connectivity index (χ3v) is 11.6. The third kappa shape index (κ3) is 4.91. The van der Waals surface area contributed by atoms with Crippen molar-refractivity contribution in [1.82, 2.24) is 0 Å². The topological polar surface area (TPSA) is 0 Å². The van der Waals surface area contributed by atoms with Gasteiger partial charge in [0.1, 0.15) is 16.1 Å². The van der Waals surface area contributed by atoms with Crippen molar-refractivity contribution in [2.24, 2.45) is 0 Å². The zero-order valence-corrected chi connectivity index (χ0v) is 28.6. The lowest BCUT2D eigenvalue weighted by molar-refractivity contribution is 0.761. The second-order valence-corrected chi connectivity index (χ2v) is 24.6. The summed E-state index contributed by atoms with van der Waals surface area (Å²) in [4.78, 5) is 1.32. The summed E-state index contributed by atoms with van der Waals surface area (Å²) in [6, 6.07) is 36.2. The Morgan fingerprint density at radius 1 is 0.581 bits per heavy atom. The largest absolute Gasteiger partial charge is 0.129 e. The molecule has 1 spiro atoms. The molecule has 4 aromatic rings. The van der Waals surface area contributed by atoms with Gasteiger partial charge >= 0.3 is 0 Å². The van der Waals surface area contributed by atoms with Crippen molar-refractivity contribution in [3.8, 4) is 22.9 Å². The van der Waals surface area contributed by atoms with Gasteiger partial charge < -0.3 is 0 Å². The SMILES string of the molecule is C[Si](C)(C)C#Cc1ccc(C2=CC3=C(c4ccc(C#C[Si](C)(C)C)cc4)C4c5ccccc5C3(S2)c2ccccc24)cc1. The van der Waals surface area contributed by atoms with Crippen LogP contribution in [-0.2, 0) is 4.75 Å². The minimum Gasteiger partial charge on any atom is -0.127 e. The van der Waals surface area contributed by atoms with Crippen LogP contribution < -0.4 is 0 Å². The summed E-state index contributed by atoms with van der Waals surface area (Å²) in [5.74, 6) is 7.08. The molecule has 8 rings (SSSR count). The van der Waals surface area contributed by atoms with E-state index in [0.717, 1.165) is 11.1 Å². The first-order valence-corrected chi connectivity index (χ1v) is 23.0. The molecule has 0 amide bonds. The van der Waals surface area contributed by atoms with E-state index in [9.17, 15) is 0 Å². The third-order valence-electron chi connectivity index (χ3n) is 8.33. The van der Waals surface area contributed by atoms with Crippen LogP contribution in [0.4, 0.5) is 0 Å². The average molecular weight is 605 g/mol. The molecule has 3 aliphatic carbocycles. The zero-order valence-electron chi connectivity index (χ0n) is 25.8. The molecule has 0 unspecified atom stereocenters. The predicted octanol–water partition coefficient (Wildman–Crippen LogP) is 10.1. The highest BCUT2D eigenvalue weighted by atomic mass is 32.2. The molecule has 0 saturated heterocycles. The molecule has 0 saturated carbocycles.